The Bertz CT molecular complexity index is 452. The lowest BCUT2D eigenvalue weighted by molar-refractivity contribution is -0.275. The minimum Gasteiger partial charge on any atom is -0.405 e. The summed E-state index contributed by atoms with van der Waals surface area (Å²) >= 11 is 3.21. The molecule has 0 saturated carbocycles. The SMILES string of the molecule is FC1CCN(Cc2cc(Br)ccc2OC(F)(F)F)C1. The number of likely N-dealkylation sites (tertiary alicyclic amines) is 1. The first kappa shape index (κ1) is 14.6. The third-order valence-corrected chi connectivity index (χ3v) is 3.35. The van der Waals surface area contributed by atoms with Gasteiger partial charge in [0.15, 0.2) is 0 Å². The van der Waals surface area contributed by atoms with Crippen LogP contribution in [0.15, 0.2) is 22.7 Å². The highest BCUT2D eigenvalue weighted by molar-refractivity contribution is 9.10. The Kier molecular flexibility index (Phi) is 4.35. The van der Waals surface area contributed by atoms with E-state index in [1.54, 1.807) is 11.0 Å². The molecule has 0 amide bonds. The Balaban J connectivity index is 2.15. The third kappa shape index (κ3) is 4.35. The van der Waals surface area contributed by atoms with Crippen molar-refractivity contribution in [2.45, 2.75) is 25.5 Å². The van der Waals surface area contributed by atoms with Gasteiger partial charge in [0.25, 0.3) is 0 Å². The lowest BCUT2D eigenvalue weighted by Gasteiger charge is -2.18. The second kappa shape index (κ2) is 5.66. The molecule has 7 heteroatoms. The normalized spacial score (nSPS) is 20.8. The van der Waals surface area contributed by atoms with Gasteiger partial charge in [0, 0.05) is 29.7 Å². The lowest BCUT2D eigenvalue weighted by Crippen LogP contribution is -2.23. The number of hydrogen-bond acceptors (Lipinski definition) is 2. The van der Waals surface area contributed by atoms with Gasteiger partial charge in [0.05, 0.1) is 0 Å². The second-order valence-electron chi connectivity index (χ2n) is 4.42. The summed E-state index contributed by atoms with van der Waals surface area (Å²) in [5.41, 5.74) is 0.390. The van der Waals surface area contributed by atoms with E-state index in [4.69, 9.17) is 0 Å². The molecule has 1 saturated heterocycles. The number of halogens is 5. The molecule has 1 aliphatic rings. The van der Waals surface area contributed by atoms with Gasteiger partial charge in [0.2, 0.25) is 0 Å². The van der Waals surface area contributed by atoms with E-state index in [0.29, 0.717) is 23.0 Å². The van der Waals surface area contributed by atoms with E-state index in [2.05, 4.69) is 20.7 Å². The summed E-state index contributed by atoms with van der Waals surface area (Å²) in [6, 6.07) is 4.30. The molecular formula is C12H12BrF4NO. The molecule has 19 heavy (non-hydrogen) atoms. The first-order valence-corrected chi connectivity index (χ1v) is 6.53. The van der Waals surface area contributed by atoms with Gasteiger partial charge in [-0.05, 0) is 24.6 Å². The highest BCUT2D eigenvalue weighted by Gasteiger charge is 2.32. The fourth-order valence-corrected chi connectivity index (χ4v) is 2.47. The van der Waals surface area contributed by atoms with E-state index in [1.807, 2.05) is 0 Å². The molecule has 0 N–H and O–H groups in total. The van der Waals surface area contributed by atoms with E-state index in [0.717, 1.165) is 0 Å². The summed E-state index contributed by atoms with van der Waals surface area (Å²) in [5, 5.41) is 0. The zero-order valence-electron chi connectivity index (χ0n) is 9.88. The molecule has 1 aromatic rings. The second-order valence-corrected chi connectivity index (χ2v) is 5.34. The highest BCUT2D eigenvalue weighted by Crippen LogP contribution is 2.30. The molecule has 2 rings (SSSR count). The van der Waals surface area contributed by atoms with Crippen LogP contribution < -0.4 is 4.74 Å². The van der Waals surface area contributed by atoms with Gasteiger partial charge < -0.3 is 4.74 Å². The molecule has 1 heterocycles. The van der Waals surface area contributed by atoms with Crippen LogP contribution in [0.1, 0.15) is 12.0 Å². The van der Waals surface area contributed by atoms with Gasteiger partial charge in [0.1, 0.15) is 11.9 Å². The van der Waals surface area contributed by atoms with Crippen molar-refractivity contribution in [3.8, 4) is 5.75 Å². The van der Waals surface area contributed by atoms with Crippen molar-refractivity contribution in [2.24, 2.45) is 0 Å². The van der Waals surface area contributed by atoms with Gasteiger partial charge in [-0.25, -0.2) is 4.39 Å². The molecule has 2 nitrogen and oxygen atoms in total. The molecule has 0 aliphatic carbocycles. The zero-order valence-corrected chi connectivity index (χ0v) is 11.5. The molecule has 1 unspecified atom stereocenters. The van der Waals surface area contributed by atoms with Crippen LogP contribution in [-0.4, -0.2) is 30.5 Å². The predicted molar refractivity (Wildman–Crippen MR) is 65.6 cm³/mol. The van der Waals surface area contributed by atoms with Crippen LogP contribution in [0.25, 0.3) is 0 Å². The summed E-state index contributed by atoms with van der Waals surface area (Å²) in [6.45, 7) is 1.03. The summed E-state index contributed by atoms with van der Waals surface area (Å²) in [5.74, 6) is -0.238. The molecule has 1 atom stereocenters. The monoisotopic (exact) mass is 341 g/mol. The Morgan fingerprint density at radius 3 is 2.68 bits per heavy atom. The minimum absolute atomic E-state index is 0.238. The number of ether oxygens (including phenoxy) is 1. The van der Waals surface area contributed by atoms with Crippen LogP contribution in [0.3, 0.4) is 0 Å². The lowest BCUT2D eigenvalue weighted by atomic mass is 10.2. The van der Waals surface area contributed by atoms with Crippen LogP contribution in [0.2, 0.25) is 0 Å². The highest BCUT2D eigenvalue weighted by atomic mass is 79.9. The Morgan fingerprint density at radius 2 is 2.11 bits per heavy atom. The third-order valence-electron chi connectivity index (χ3n) is 2.86. The van der Waals surface area contributed by atoms with Gasteiger partial charge in [-0.15, -0.1) is 13.2 Å². The van der Waals surface area contributed by atoms with Crippen molar-refractivity contribution in [2.75, 3.05) is 13.1 Å². The summed E-state index contributed by atoms with van der Waals surface area (Å²) in [6.07, 6.45) is -5.21. The Labute approximate surface area is 116 Å². The molecular weight excluding hydrogens is 330 g/mol. The van der Waals surface area contributed by atoms with Crippen LogP contribution in [-0.2, 0) is 6.54 Å². The van der Waals surface area contributed by atoms with Crippen molar-refractivity contribution in [1.29, 1.82) is 0 Å². The van der Waals surface area contributed by atoms with E-state index in [-0.39, 0.29) is 18.8 Å². The smallest absolute Gasteiger partial charge is 0.405 e. The number of hydrogen-bond donors (Lipinski definition) is 0. The van der Waals surface area contributed by atoms with E-state index >= 15 is 0 Å². The molecule has 0 spiro atoms. The summed E-state index contributed by atoms with van der Waals surface area (Å²) < 4.78 is 54.6. The first-order valence-electron chi connectivity index (χ1n) is 5.74. The number of alkyl halides is 4. The van der Waals surface area contributed by atoms with Crippen LogP contribution in [0.5, 0.6) is 5.75 Å². The maximum atomic E-state index is 13.1. The largest absolute Gasteiger partial charge is 0.573 e. The Hall–Kier alpha value is -0.820. The number of benzene rings is 1. The maximum absolute atomic E-state index is 13.1. The number of rotatable bonds is 3. The quantitative estimate of drug-likeness (QED) is 0.773. The van der Waals surface area contributed by atoms with E-state index in [1.165, 1.54) is 12.1 Å². The van der Waals surface area contributed by atoms with Gasteiger partial charge in [-0.3, -0.25) is 4.90 Å². The van der Waals surface area contributed by atoms with Gasteiger partial charge >= 0.3 is 6.36 Å². The van der Waals surface area contributed by atoms with Crippen LogP contribution in [0, 0.1) is 0 Å². The fraction of sp³-hybridized carbons (Fsp3) is 0.500. The average molecular weight is 342 g/mol. The van der Waals surface area contributed by atoms with Crippen LogP contribution in [0.4, 0.5) is 17.6 Å². The minimum atomic E-state index is -4.73. The first-order chi connectivity index (χ1) is 8.83. The summed E-state index contributed by atoms with van der Waals surface area (Å²) in [4.78, 5) is 1.77. The number of nitrogens with zero attached hydrogens (tertiary/aromatic N) is 1. The van der Waals surface area contributed by atoms with Crippen LogP contribution >= 0.6 is 15.9 Å². The fourth-order valence-electron chi connectivity index (χ4n) is 2.07. The van der Waals surface area contributed by atoms with E-state index in [9.17, 15) is 17.6 Å². The van der Waals surface area contributed by atoms with Crippen molar-refractivity contribution in [3.05, 3.63) is 28.2 Å². The van der Waals surface area contributed by atoms with Crippen molar-refractivity contribution in [1.82, 2.24) is 4.90 Å². The molecule has 1 aliphatic heterocycles. The molecule has 0 bridgehead atoms. The average Bonchev–Trinajstić information content (AvgIpc) is 2.66. The molecule has 1 fully saturated rings. The van der Waals surface area contributed by atoms with E-state index < -0.39 is 12.5 Å². The topological polar surface area (TPSA) is 12.5 Å². The zero-order chi connectivity index (χ0) is 14.0. The van der Waals surface area contributed by atoms with Gasteiger partial charge in [-0.1, -0.05) is 15.9 Å². The predicted octanol–water partition coefficient (Wildman–Crippen LogP) is 3.89. The summed E-state index contributed by atoms with van der Waals surface area (Å²) in [7, 11) is 0. The Morgan fingerprint density at radius 1 is 1.37 bits per heavy atom. The molecule has 0 radical (unpaired) electrons. The van der Waals surface area contributed by atoms with Crippen molar-refractivity contribution >= 4 is 15.9 Å². The molecule has 106 valence electrons. The molecule has 1 aromatic carbocycles. The van der Waals surface area contributed by atoms with Crippen molar-refractivity contribution in [3.63, 3.8) is 0 Å². The van der Waals surface area contributed by atoms with Crippen molar-refractivity contribution < 1.29 is 22.3 Å². The maximum Gasteiger partial charge on any atom is 0.573 e. The van der Waals surface area contributed by atoms with Gasteiger partial charge in [-0.2, -0.15) is 0 Å². The standard InChI is InChI=1S/C12H12BrF4NO/c13-9-1-2-11(19-12(15,16)17)8(5-9)6-18-4-3-10(14)7-18/h1-2,5,10H,3-4,6-7H2. The molecule has 0 aromatic heterocycles.